The van der Waals surface area contributed by atoms with Crippen LogP contribution in [0.3, 0.4) is 0 Å². The van der Waals surface area contributed by atoms with E-state index >= 15 is 0 Å². The van der Waals surface area contributed by atoms with E-state index in [4.69, 9.17) is 9.47 Å². The van der Waals surface area contributed by atoms with E-state index in [9.17, 15) is 30.6 Å². The number of hydrogen-bond donors (Lipinski definition) is 6. The van der Waals surface area contributed by atoms with Crippen LogP contribution in [0.25, 0.3) is 0 Å². The predicted molar refractivity (Wildman–Crippen MR) is 168 cm³/mol. The van der Waals surface area contributed by atoms with Gasteiger partial charge in [0.2, 0.25) is 0 Å². The molecule has 0 amide bonds. The van der Waals surface area contributed by atoms with E-state index < -0.39 is 54.9 Å². The lowest BCUT2D eigenvalue weighted by Crippen LogP contribution is -2.70. The summed E-state index contributed by atoms with van der Waals surface area (Å²) in [6.45, 7) is 17.3. The fourth-order valence-electron chi connectivity index (χ4n) is 11.6. The first-order chi connectivity index (χ1) is 20.4. The van der Waals surface area contributed by atoms with Crippen molar-refractivity contribution >= 4 is 0 Å². The molecule has 8 heteroatoms. The van der Waals surface area contributed by atoms with Crippen molar-refractivity contribution in [1.29, 1.82) is 0 Å². The summed E-state index contributed by atoms with van der Waals surface area (Å²) >= 11 is 0. The normalized spacial score (nSPS) is 52.1. The van der Waals surface area contributed by atoms with Crippen LogP contribution in [0, 0.1) is 45.3 Å². The van der Waals surface area contributed by atoms with Crippen LogP contribution >= 0.6 is 0 Å². The van der Waals surface area contributed by atoms with E-state index in [1.165, 1.54) is 11.1 Å². The molecule has 15 atom stereocenters. The summed E-state index contributed by atoms with van der Waals surface area (Å²) in [6, 6.07) is 0. The van der Waals surface area contributed by atoms with Crippen molar-refractivity contribution in [2.45, 2.75) is 149 Å². The van der Waals surface area contributed by atoms with Crippen molar-refractivity contribution in [2.24, 2.45) is 45.3 Å². The van der Waals surface area contributed by atoms with Crippen LogP contribution in [0.15, 0.2) is 23.3 Å². The average Bonchev–Trinajstić information content (AvgIpc) is 3.31. The smallest absolute Gasteiger partial charge is 0.186 e. The largest absolute Gasteiger partial charge is 0.394 e. The minimum Gasteiger partial charge on any atom is -0.394 e. The quantitative estimate of drug-likeness (QED) is 0.193. The van der Waals surface area contributed by atoms with E-state index in [0.29, 0.717) is 18.8 Å². The fraction of sp³-hybridized carbons (Fsp3) is 0.889. The number of hydrogen-bond acceptors (Lipinski definition) is 8. The minimum absolute atomic E-state index is 0.103. The third-order valence-electron chi connectivity index (χ3n) is 13.9. The molecular formula is C36H60O8. The van der Waals surface area contributed by atoms with Gasteiger partial charge in [0.05, 0.1) is 24.9 Å². The van der Waals surface area contributed by atoms with Crippen LogP contribution in [0.2, 0.25) is 0 Å². The molecule has 0 aromatic rings. The van der Waals surface area contributed by atoms with Gasteiger partial charge in [0.1, 0.15) is 24.4 Å². The van der Waals surface area contributed by atoms with Crippen molar-refractivity contribution in [1.82, 2.24) is 0 Å². The molecular weight excluding hydrogens is 560 g/mol. The maximum Gasteiger partial charge on any atom is 0.186 e. The van der Waals surface area contributed by atoms with E-state index in [0.717, 1.165) is 32.1 Å². The molecule has 0 aromatic heterocycles. The zero-order valence-corrected chi connectivity index (χ0v) is 28.2. The highest BCUT2D eigenvalue weighted by molar-refractivity contribution is 5.24. The van der Waals surface area contributed by atoms with Crippen LogP contribution in [0.1, 0.15) is 100 Å². The molecule has 5 aliphatic rings. The molecule has 5 rings (SSSR count). The van der Waals surface area contributed by atoms with Gasteiger partial charge in [0.25, 0.3) is 0 Å². The molecule has 5 fully saturated rings. The van der Waals surface area contributed by atoms with Crippen LogP contribution < -0.4 is 0 Å². The summed E-state index contributed by atoms with van der Waals surface area (Å²) < 4.78 is 12.1. The van der Waals surface area contributed by atoms with Gasteiger partial charge < -0.3 is 40.1 Å². The van der Waals surface area contributed by atoms with Crippen LogP contribution in [0.4, 0.5) is 0 Å². The molecule has 8 nitrogen and oxygen atoms in total. The number of ether oxygens (including phenoxy) is 2. The monoisotopic (exact) mass is 620 g/mol. The van der Waals surface area contributed by atoms with Gasteiger partial charge in [-0.2, -0.15) is 0 Å². The Labute approximate surface area is 264 Å². The van der Waals surface area contributed by atoms with Crippen molar-refractivity contribution in [3.8, 4) is 0 Å². The predicted octanol–water partition coefficient (Wildman–Crippen LogP) is 4.10. The molecule has 4 aliphatic carbocycles. The molecule has 0 unspecified atom stereocenters. The minimum atomic E-state index is -1.50. The van der Waals surface area contributed by atoms with Gasteiger partial charge in [-0.3, -0.25) is 0 Å². The third-order valence-corrected chi connectivity index (χ3v) is 13.9. The fourth-order valence-corrected chi connectivity index (χ4v) is 11.6. The van der Waals surface area contributed by atoms with Crippen molar-refractivity contribution in [3.63, 3.8) is 0 Å². The summed E-state index contributed by atoms with van der Waals surface area (Å²) in [7, 11) is 0. The van der Waals surface area contributed by atoms with Gasteiger partial charge in [0.15, 0.2) is 6.29 Å². The molecule has 0 radical (unpaired) electrons. The zero-order chi connectivity index (χ0) is 32.6. The van der Waals surface area contributed by atoms with Crippen LogP contribution in [0.5, 0.6) is 0 Å². The first-order valence-electron chi connectivity index (χ1n) is 17.1. The van der Waals surface area contributed by atoms with Gasteiger partial charge >= 0.3 is 0 Å². The van der Waals surface area contributed by atoms with Crippen LogP contribution in [-0.2, 0) is 9.47 Å². The molecule has 252 valence electrons. The van der Waals surface area contributed by atoms with Crippen molar-refractivity contribution in [2.75, 3.05) is 6.61 Å². The highest BCUT2D eigenvalue weighted by atomic mass is 16.7. The van der Waals surface area contributed by atoms with Gasteiger partial charge in [-0.25, -0.2) is 0 Å². The lowest BCUT2D eigenvalue weighted by atomic mass is 9.34. The Kier molecular flexibility index (Phi) is 9.40. The summed E-state index contributed by atoms with van der Waals surface area (Å²) in [4.78, 5) is 0. The second-order valence-corrected chi connectivity index (χ2v) is 16.8. The molecule has 1 aliphatic heterocycles. The summed E-state index contributed by atoms with van der Waals surface area (Å²) in [5, 5.41) is 65.1. The molecule has 6 N–H and O–H groups in total. The maximum absolute atomic E-state index is 12.2. The Morgan fingerprint density at radius 1 is 0.841 bits per heavy atom. The molecule has 1 saturated heterocycles. The van der Waals surface area contributed by atoms with Crippen molar-refractivity contribution in [3.05, 3.63) is 23.3 Å². The SMILES string of the molecule is CC(C)=CC/C=C(/C)[C@H]1CC[C@]2(C)[C@@H]1[C@H](O)C[C@@H]1[C@@]3(C)CC[C@H](O[C@@H]4O[C@H](CO)[C@@H](O)[C@H](O)[C@H]4O)C(C)(C)[C@@H]3[C@@H](O)C[C@]12C. The lowest BCUT2D eigenvalue weighted by molar-refractivity contribution is -0.337. The first-order valence-corrected chi connectivity index (χ1v) is 17.1. The summed E-state index contributed by atoms with van der Waals surface area (Å²) in [6.07, 6.45) is 2.47. The maximum atomic E-state index is 12.2. The van der Waals surface area contributed by atoms with E-state index in [1.807, 2.05) is 0 Å². The zero-order valence-electron chi connectivity index (χ0n) is 28.2. The third kappa shape index (κ3) is 5.18. The second-order valence-electron chi connectivity index (χ2n) is 16.8. The Bertz CT molecular complexity index is 1110. The van der Waals surface area contributed by atoms with Gasteiger partial charge in [0, 0.05) is 0 Å². The Morgan fingerprint density at radius 2 is 1.52 bits per heavy atom. The molecule has 0 aromatic carbocycles. The van der Waals surface area contributed by atoms with Crippen molar-refractivity contribution < 1.29 is 40.1 Å². The number of fused-ring (bicyclic) bond motifs is 5. The van der Waals surface area contributed by atoms with Crippen LogP contribution in [-0.4, -0.2) is 86.3 Å². The number of aliphatic hydroxyl groups is 6. The Morgan fingerprint density at radius 3 is 2.16 bits per heavy atom. The standard InChI is InChI=1S/C36H60O8/c1-19(2)10-9-11-20(3)21-12-15-35(7)27(21)22(38)16-25-34(6)14-13-26(33(4,5)31(34)23(39)17-36(25,35)8)44-32-30(42)29(41)28(40)24(18-37)43-32/h10-11,21-32,37-42H,9,12-18H2,1-8H3/b20-11-/t21-,22-,23+,24-,25-,26+,27+,28-,29+,30-,31+,32+,34-,35-,36-/m1/s1. The highest BCUT2D eigenvalue weighted by Crippen LogP contribution is 2.75. The molecule has 0 spiro atoms. The van der Waals surface area contributed by atoms with E-state index in [-0.39, 0.29) is 40.1 Å². The first kappa shape index (κ1) is 34.5. The van der Waals surface area contributed by atoms with Gasteiger partial charge in [-0.1, -0.05) is 57.9 Å². The van der Waals surface area contributed by atoms with Gasteiger partial charge in [-0.15, -0.1) is 0 Å². The van der Waals surface area contributed by atoms with Gasteiger partial charge in [-0.05, 0) is 111 Å². The molecule has 0 bridgehead atoms. The number of rotatable bonds is 6. The molecule has 1 heterocycles. The van der Waals surface area contributed by atoms with E-state index in [1.54, 1.807) is 0 Å². The van der Waals surface area contributed by atoms with E-state index in [2.05, 4.69) is 67.5 Å². The summed E-state index contributed by atoms with van der Waals surface area (Å²) in [5.41, 5.74) is 1.69. The summed E-state index contributed by atoms with van der Waals surface area (Å²) in [5.74, 6) is 0.617. The Hall–Kier alpha value is -0.840. The number of allylic oxidation sites excluding steroid dienone is 4. The lowest BCUT2D eigenvalue weighted by Gasteiger charge is -2.71. The molecule has 44 heavy (non-hydrogen) atoms. The average molecular weight is 621 g/mol. The molecule has 4 saturated carbocycles. The Balaban J connectivity index is 1.41. The second kappa shape index (κ2) is 12.0. The topological polar surface area (TPSA) is 140 Å². The highest BCUT2D eigenvalue weighted by Gasteiger charge is 2.72. The number of aliphatic hydroxyl groups excluding tert-OH is 6.